The van der Waals surface area contributed by atoms with Gasteiger partial charge in [0.25, 0.3) is 5.91 Å². The van der Waals surface area contributed by atoms with Crippen LogP contribution in [0.1, 0.15) is 27.2 Å². The molecule has 2 aromatic carbocycles. The molecule has 8 heteroatoms. The van der Waals surface area contributed by atoms with Crippen molar-refractivity contribution in [1.29, 1.82) is 0 Å². The zero-order valence-electron chi connectivity index (χ0n) is 17.5. The van der Waals surface area contributed by atoms with Crippen molar-refractivity contribution in [3.63, 3.8) is 0 Å². The second-order valence-electron chi connectivity index (χ2n) is 7.06. The molecule has 0 aliphatic carbocycles. The summed E-state index contributed by atoms with van der Waals surface area (Å²) in [5.41, 5.74) is 3.83. The smallest absolute Gasteiger partial charge is 0.272 e. The average Bonchev–Trinajstić information content (AvgIpc) is 2.76. The molecule has 3 aromatic rings. The lowest BCUT2D eigenvalue weighted by molar-refractivity contribution is -0.118. The molecule has 1 heterocycles. The van der Waals surface area contributed by atoms with Crippen LogP contribution in [0.2, 0.25) is 5.02 Å². The van der Waals surface area contributed by atoms with E-state index in [0.29, 0.717) is 17.3 Å². The Morgan fingerprint density at radius 1 is 1.10 bits per heavy atom. The highest BCUT2D eigenvalue weighted by Crippen LogP contribution is 2.18. The minimum atomic E-state index is -0.819. The van der Waals surface area contributed by atoms with Crippen LogP contribution in [0.25, 0.3) is 0 Å². The molecule has 0 fully saturated rings. The molecule has 6 nitrogen and oxygen atoms in total. The first-order valence-corrected chi connectivity index (χ1v) is 11.3. The predicted molar refractivity (Wildman–Crippen MR) is 125 cm³/mol. The minimum absolute atomic E-state index is 0.0399. The van der Waals surface area contributed by atoms with Gasteiger partial charge < -0.3 is 10.6 Å². The Kier molecular flexibility index (Phi) is 7.65. The van der Waals surface area contributed by atoms with Gasteiger partial charge in [0.05, 0.1) is 11.2 Å². The number of hydrogen-bond acceptors (Lipinski definition) is 5. The van der Waals surface area contributed by atoms with Crippen molar-refractivity contribution >= 4 is 40.9 Å². The Hall–Kier alpha value is -2.90. The lowest BCUT2D eigenvalue weighted by atomic mass is 10.0. The predicted octanol–water partition coefficient (Wildman–Crippen LogP) is 4.45. The number of rotatable bonds is 7. The number of nitrogens with zero attached hydrogens (tertiary/aromatic N) is 2. The molecule has 0 aliphatic heterocycles. The summed E-state index contributed by atoms with van der Waals surface area (Å²) in [6.07, 6.45) is 3.51. The zero-order valence-corrected chi connectivity index (χ0v) is 19.1. The Morgan fingerprint density at radius 2 is 1.84 bits per heavy atom. The Labute approximate surface area is 190 Å². The Morgan fingerprint density at radius 3 is 2.52 bits per heavy atom. The van der Waals surface area contributed by atoms with Crippen molar-refractivity contribution in [3.8, 4) is 0 Å². The molecule has 0 bridgehead atoms. The summed E-state index contributed by atoms with van der Waals surface area (Å²) >= 11 is 7.44. The maximum atomic E-state index is 13.1. The quantitative estimate of drug-likeness (QED) is 0.407. The van der Waals surface area contributed by atoms with Crippen LogP contribution in [-0.4, -0.2) is 34.1 Å². The molecular formula is C23H23ClN4O2S. The van der Waals surface area contributed by atoms with Crippen molar-refractivity contribution in [1.82, 2.24) is 15.3 Å². The third kappa shape index (κ3) is 6.06. The highest BCUT2D eigenvalue weighted by molar-refractivity contribution is 7.98. The first-order chi connectivity index (χ1) is 14.9. The van der Waals surface area contributed by atoms with Gasteiger partial charge in [-0.15, -0.1) is 0 Å². The normalized spacial score (nSPS) is 11.6. The van der Waals surface area contributed by atoms with Gasteiger partial charge in [0.1, 0.15) is 6.04 Å². The van der Waals surface area contributed by atoms with Gasteiger partial charge in [-0.3, -0.25) is 9.59 Å². The van der Waals surface area contributed by atoms with Gasteiger partial charge in [-0.2, -0.15) is 0 Å². The Balaban J connectivity index is 1.84. The summed E-state index contributed by atoms with van der Waals surface area (Å²) in [6.45, 7) is 3.99. The lowest BCUT2D eigenvalue weighted by Gasteiger charge is -2.19. The molecule has 1 atom stereocenters. The van der Waals surface area contributed by atoms with E-state index < -0.39 is 11.9 Å². The molecular weight excluding hydrogens is 432 g/mol. The first-order valence-electron chi connectivity index (χ1n) is 9.67. The summed E-state index contributed by atoms with van der Waals surface area (Å²) in [5, 5.41) is 6.24. The molecule has 2 amide bonds. The second kappa shape index (κ2) is 10.4. The van der Waals surface area contributed by atoms with Crippen molar-refractivity contribution in [2.45, 2.75) is 31.5 Å². The van der Waals surface area contributed by atoms with E-state index in [-0.39, 0.29) is 16.6 Å². The summed E-state index contributed by atoms with van der Waals surface area (Å²) in [6, 6.07) is 14.4. The van der Waals surface area contributed by atoms with Gasteiger partial charge in [-0.1, -0.05) is 59.8 Å². The standard InChI is InChI=1S/C23H23ClN4O2S/c1-14-9-10-17(11-15(14)2)26-21(29)19(12-16-7-5-4-6-8-16)27-22(30)20-18(24)13-25-23(28-20)31-3/h4-11,13,19H,12H2,1-3H3,(H,26,29)(H,27,30)/t19-/m1/s1. The van der Waals surface area contributed by atoms with E-state index >= 15 is 0 Å². The fraction of sp³-hybridized carbons (Fsp3) is 0.217. The average molecular weight is 455 g/mol. The summed E-state index contributed by atoms with van der Waals surface area (Å²) in [4.78, 5) is 34.3. The van der Waals surface area contributed by atoms with Gasteiger partial charge in [-0.05, 0) is 48.9 Å². The number of benzene rings is 2. The maximum absolute atomic E-state index is 13.1. The largest absolute Gasteiger partial charge is 0.338 e. The zero-order chi connectivity index (χ0) is 22.4. The van der Waals surface area contributed by atoms with E-state index in [0.717, 1.165) is 16.7 Å². The van der Waals surface area contributed by atoms with Crippen LogP contribution >= 0.6 is 23.4 Å². The van der Waals surface area contributed by atoms with Crippen molar-refractivity contribution in [2.75, 3.05) is 11.6 Å². The number of amides is 2. The van der Waals surface area contributed by atoms with Crippen molar-refractivity contribution < 1.29 is 9.59 Å². The van der Waals surface area contributed by atoms with E-state index in [2.05, 4.69) is 20.6 Å². The molecule has 31 heavy (non-hydrogen) atoms. The highest BCUT2D eigenvalue weighted by atomic mass is 35.5. The fourth-order valence-electron chi connectivity index (χ4n) is 2.94. The fourth-order valence-corrected chi connectivity index (χ4v) is 3.46. The third-order valence-electron chi connectivity index (χ3n) is 4.80. The molecule has 2 N–H and O–H groups in total. The summed E-state index contributed by atoms with van der Waals surface area (Å²) in [5.74, 6) is -0.852. The van der Waals surface area contributed by atoms with Crippen LogP contribution < -0.4 is 10.6 Å². The SMILES string of the molecule is CSc1ncc(Cl)c(C(=O)N[C@H](Cc2ccccc2)C(=O)Nc2ccc(C)c(C)c2)n1. The monoisotopic (exact) mass is 454 g/mol. The van der Waals surface area contributed by atoms with Gasteiger partial charge in [0.2, 0.25) is 5.91 Å². The molecule has 1 aromatic heterocycles. The van der Waals surface area contributed by atoms with E-state index in [1.54, 1.807) is 6.26 Å². The Bertz CT molecular complexity index is 1090. The summed E-state index contributed by atoms with van der Waals surface area (Å²) < 4.78 is 0. The number of halogens is 1. The van der Waals surface area contributed by atoms with Crippen molar-refractivity contribution in [3.05, 3.63) is 82.1 Å². The minimum Gasteiger partial charge on any atom is -0.338 e. The molecule has 0 radical (unpaired) electrons. The molecule has 3 rings (SSSR count). The van der Waals surface area contributed by atoms with E-state index in [9.17, 15) is 9.59 Å². The first kappa shape index (κ1) is 22.8. The van der Waals surface area contributed by atoms with Crippen LogP contribution in [0.3, 0.4) is 0 Å². The molecule has 0 saturated carbocycles. The van der Waals surface area contributed by atoms with Gasteiger partial charge >= 0.3 is 0 Å². The number of hydrogen-bond donors (Lipinski definition) is 2. The topological polar surface area (TPSA) is 84.0 Å². The lowest BCUT2D eigenvalue weighted by Crippen LogP contribution is -2.45. The van der Waals surface area contributed by atoms with E-state index in [4.69, 9.17) is 11.6 Å². The molecule has 0 unspecified atom stereocenters. The van der Waals surface area contributed by atoms with Crippen LogP contribution in [0, 0.1) is 13.8 Å². The highest BCUT2D eigenvalue weighted by Gasteiger charge is 2.24. The van der Waals surface area contributed by atoms with Crippen LogP contribution in [-0.2, 0) is 11.2 Å². The van der Waals surface area contributed by atoms with E-state index in [1.807, 2.05) is 62.4 Å². The maximum Gasteiger partial charge on any atom is 0.272 e. The molecule has 0 saturated heterocycles. The number of carbonyl (C=O) groups excluding carboxylic acids is 2. The van der Waals surface area contributed by atoms with Crippen LogP contribution in [0.4, 0.5) is 5.69 Å². The number of aromatic nitrogens is 2. The number of aryl methyl sites for hydroxylation is 2. The third-order valence-corrected chi connectivity index (χ3v) is 5.64. The number of carbonyl (C=O) groups is 2. The van der Waals surface area contributed by atoms with Gasteiger partial charge in [0.15, 0.2) is 10.9 Å². The summed E-state index contributed by atoms with van der Waals surface area (Å²) in [7, 11) is 0. The number of thioether (sulfide) groups is 1. The van der Waals surface area contributed by atoms with E-state index in [1.165, 1.54) is 18.0 Å². The van der Waals surface area contributed by atoms with Gasteiger partial charge in [0, 0.05) is 12.1 Å². The van der Waals surface area contributed by atoms with Crippen molar-refractivity contribution in [2.24, 2.45) is 0 Å². The molecule has 0 spiro atoms. The van der Waals surface area contributed by atoms with Crippen LogP contribution in [0.5, 0.6) is 0 Å². The molecule has 0 aliphatic rings. The second-order valence-corrected chi connectivity index (χ2v) is 8.24. The van der Waals surface area contributed by atoms with Crippen LogP contribution in [0.15, 0.2) is 59.9 Å². The number of anilines is 1. The molecule has 160 valence electrons. The van der Waals surface area contributed by atoms with Gasteiger partial charge in [-0.25, -0.2) is 9.97 Å². The number of nitrogens with one attached hydrogen (secondary N) is 2.